The lowest BCUT2D eigenvalue weighted by atomic mass is 10.4. The molecule has 9 heavy (non-hydrogen) atoms. The Bertz CT molecular complexity index is 207. The fraction of sp³-hybridized carbons (Fsp3) is 0.143. The topological polar surface area (TPSA) is 0 Å². The standard InChI is InChI=1S/C7H5BrS/c1-2-6-4-3-5-7(8)9-6/h1,4-5H,3H2. The van der Waals surface area contributed by atoms with Crippen molar-refractivity contribution < 1.29 is 0 Å². The Hall–Kier alpha value is -0.130. The van der Waals surface area contributed by atoms with Gasteiger partial charge >= 0.3 is 0 Å². The van der Waals surface area contributed by atoms with Crippen molar-refractivity contribution in [3.8, 4) is 12.3 Å². The van der Waals surface area contributed by atoms with Crippen LogP contribution in [0.25, 0.3) is 0 Å². The summed E-state index contributed by atoms with van der Waals surface area (Å²) in [4.78, 5) is 1.00. The Morgan fingerprint density at radius 1 is 1.67 bits per heavy atom. The van der Waals surface area contributed by atoms with Crippen LogP contribution in [-0.2, 0) is 0 Å². The molecule has 0 aromatic heterocycles. The van der Waals surface area contributed by atoms with Crippen LogP contribution in [-0.4, -0.2) is 0 Å². The first-order valence-electron chi connectivity index (χ1n) is 2.53. The van der Waals surface area contributed by atoms with Crippen LogP contribution >= 0.6 is 27.7 Å². The van der Waals surface area contributed by atoms with Gasteiger partial charge in [-0.3, -0.25) is 0 Å². The summed E-state index contributed by atoms with van der Waals surface area (Å²) in [6, 6.07) is 0. The zero-order valence-electron chi connectivity index (χ0n) is 4.73. The Morgan fingerprint density at radius 3 is 2.89 bits per heavy atom. The fourth-order valence-corrected chi connectivity index (χ4v) is 1.87. The molecular formula is C7H5BrS. The molecule has 1 heterocycles. The summed E-state index contributed by atoms with van der Waals surface area (Å²) < 4.78 is 1.12. The zero-order valence-corrected chi connectivity index (χ0v) is 7.13. The number of rotatable bonds is 0. The molecule has 0 amide bonds. The third-order valence-corrected chi connectivity index (χ3v) is 2.61. The van der Waals surface area contributed by atoms with Gasteiger partial charge in [0, 0.05) is 0 Å². The van der Waals surface area contributed by atoms with Crippen molar-refractivity contribution in [2.45, 2.75) is 6.42 Å². The molecule has 0 atom stereocenters. The third-order valence-electron chi connectivity index (χ3n) is 0.931. The molecule has 0 N–H and O–H groups in total. The Balaban J connectivity index is 2.65. The van der Waals surface area contributed by atoms with E-state index in [4.69, 9.17) is 6.42 Å². The van der Waals surface area contributed by atoms with Gasteiger partial charge in [-0.2, -0.15) is 0 Å². The predicted octanol–water partition coefficient (Wildman–Crippen LogP) is 2.88. The van der Waals surface area contributed by atoms with E-state index >= 15 is 0 Å². The lowest BCUT2D eigenvalue weighted by molar-refractivity contribution is 1.39. The first-order valence-corrected chi connectivity index (χ1v) is 4.14. The van der Waals surface area contributed by atoms with Gasteiger partial charge in [-0.25, -0.2) is 0 Å². The van der Waals surface area contributed by atoms with Crippen LogP contribution in [0.2, 0.25) is 0 Å². The van der Waals surface area contributed by atoms with E-state index in [-0.39, 0.29) is 0 Å². The van der Waals surface area contributed by atoms with Gasteiger partial charge in [0.1, 0.15) is 0 Å². The van der Waals surface area contributed by atoms with E-state index in [1.807, 2.05) is 6.08 Å². The highest BCUT2D eigenvalue weighted by Gasteiger charge is 2.00. The normalized spacial score (nSPS) is 17.8. The van der Waals surface area contributed by atoms with Crippen molar-refractivity contribution in [3.05, 3.63) is 20.9 Å². The van der Waals surface area contributed by atoms with Crippen LogP contribution < -0.4 is 0 Å². The summed E-state index contributed by atoms with van der Waals surface area (Å²) in [5.41, 5.74) is 0. The maximum atomic E-state index is 5.18. The second-order valence-corrected chi connectivity index (χ2v) is 4.02. The van der Waals surface area contributed by atoms with Crippen molar-refractivity contribution in [1.29, 1.82) is 0 Å². The van der Waals surface area contributed by atoms with Crippen LogP contribution in [0.3, 0.4) is 0 Å². The average Bonchev–Trinajstić information content (AvgIpc) is 1.88. The number of halogens is 1. The highest BCUT2D eigenvalue weighted by Crippen LogP contribution is 2.33. The van der Waals surface area contributed by atoms with E-state index in [0.29, 0.717) is 0 Å². The quantitative estimate of drug-likeness (QED) is 0.543. The number of thioether (sulfide) groups is 1. The first kappa shape index (κ1) is 6.98. The maximum Gasteiger partial charge on any atom is 0.0587 e. The molecule has 0 unspecified atom stereocenters. The zero-order chi connectivity index (χ0) is 6.69. The minimum atomic E-state index is 0.952. The minimum absolute atomic E-state index is 0.952. The molecular weight excluding hydrogens is 196 g/mol. The van der Waals surface area contributed by atoms with Crippen molar-refractivity contribution in [2.24, 2.45) is 0 Å². The molecule has 0 bridgehead atoms. The Labute approximate surface area is 67.5 Å². The molecule has 0 spiro atoms. The van der Waals surface area contributed by atoms with Gasteiger partial charge in [-0.15, -0.1) is 6.42 Å². The van der Waals surface area contributed by atoms with E-state index < -0.39 is 0 Å². The average molecular weight is 201 g/mol. The molecule has 2 heteroatoms. The maximum absolute atomic E-state index is 5.18. The minimum Gasteiger partial charge on any atom is -0.114 e. The van der Waals surface area contributed by atoms with Gasteiger partial charge in [-0.05, 0) is 22.4 Å². The number of hydrogen-bond acceptors (Lipinski definition) is 1. The smallest absolute Gasteiger partial charge is 0.0587 e. The van der Waals surface area contributed by atoms with E-state index in [1.165, 1.54) is 0 Å². The SMILES string of the molecule is C#CC1=CCC=C(Br)S1. The molecule has 0 saturated heterocycles. The fourth-order valence-electron chi connectivity index (χ4n) is 0.535. The van der Waals surface area contributed by atoms with E-state index in [1.54, 1.807) is 11.8 Å². The summed E-state index contributed by atoms with van der Waals surface area (Å²) in [5.74, 6) is 2.59. The van der Waals surface area contributed by atoms with Crippen molar-refractivity contribution in [2.75, 3.05) is 0 Å². The van der Waals surface area contributed by atoms with Crippen molar-refractivity contribution in [1.82, 2.24) is 0 Å². The van der Waals surface area contributed by atoms with Crippen LogP contribution in [0.15, 0.2) is 20.9 Å². The largest absolute Gasteiger partial charge is 0.114 e. The van der Waals surface area contributed by atoms with Gasteiger partial charge in [0.05, 0.1) is 8.72 Å². The monoisotopic (exact) mass is 200 g/mol. The van der Waals surface area contributed by atoms with Gasteiger partial charge < -0.3 is 0 Å². The van der Waals surface area contributed by atoms with Crippen molar-refractivity contribution in [3.63, 3.8) is 0 Å². The first-order chi connectivity index (χ1) is 4.33. The number of allylic oxidation sites excluding steroid dienone is 3. The van der Waals surface area contributed by atoms with Gasteiger partial charge in [0.25, 0.3) is 0 Å². The van der Waals surface area contributed by atoms with E-state index in [2.05, 4.69) is 27.9 Å². The molecule has 0 saturated carbocycles. The van der Waals surface area contributed by atoms with Crippen LogP contribution in [0, 0.1) is 12.3 Å². The van der Waals surface area contributed by atoms with Crippen LogP contribution in [0.5, 0.6) is 0 Å². The van der Waals surface area contributed by atoms with Crippen LogP contribution in [0.1, 0.15) is 6.42 Å². The third kappa shape index (κ3) is 1.92. The van der Waals surface area contributed by atoms with Gasteiger partial charge in [0.15, 0.2) is 0 Å². The lowest BCUT2D eigenvalue weighted by Gasteiger charge is -2.02. The molecule has 46 valence electrons. The summed E-state index contributed by atoms with van der Waals surface area (Å²) in [7, 11) is 0. The highest BCUT2D eigenvalue weighted by molar-refractivity contribution is 9.14. The van der Waals surface area contributed by atoms with Gasteiger partial charge in [-0.1, -0.05) is 29.8 Å². The molecule has 0 aromatic carbocycles. The summed E-state index contributed by atoms with van der Waals surface area (Å²) >= 11 is 4.95. The second kappa shape index (κ2) is 3.14. The molecule has 0 nitrogen and oxygen atoms in total. The Kier molecular flexibility index (Phi) is 2.44. The summed E-state index contributed by atoms with van der Waals surface area (Å²) in [5, 5.41) is 0. The van der Waals surface area contributed by atoms with E-state index in [0.717, 1.165) is 15.1 Å². The lowest BCUT2D eigenvalue weighted by Crippen LogP contribution is -1.77. The van der Waals surface area contributed by atoms with Crippen LogP contribution in [0.4, 0.5) is 0 Å². The van der Waals surface area contributed by atoms with E-state index in [9.17, 15) is 0 Å². The number of hydrogen-bond donors (Lipinski definition) is 0. The summed E-state index contributed by atoms with van der Waals surface area (Å²) in [6.45, 7) is 0. The Morgan fingerprint density at radius 2 is 2.44 bits per heavy atom. The second-order valence-electron chi connectivity index (χ2n) is 1.56. The predicted molar refractivity (Wildman–Crippen MR) is 46.1 cm³/mol. The molecule has 1 aliphatic heterocycles. The summed E-state index contributed by atoms with van der Waals surface area (Å²) in [6.07, 6.45) is 10.3. The van der Waals surface area contributed by atoms with Gasteiger partial charge in [0.2, 0.25) is 0 Å². The highest BCUT2D eigenvalue weighted by atomic mass is 79.9. The molecule has 0 aliphatic carbocycles. The molecule has 1 rings (SSSR count). The molecule has 0 aromatic rings. The van der Waals surface area contributed by atoms with Crippen molar-refractivity contribution >= 4 is 27.7 Å². The molecule has 1 aliphatic rings. The number of terminal acetylenes is 1. The molecule has 0 fully saturated rings. The molecule has 0 radical (unpaired) electrons.